The minimum Gasteiger partial charge on any atom is -0.265 e. The molecular weight excluding hydrogens is 154 g/mol. The van der Waals surface area contributed by atoms with Crippen LogP contribution in [0.5, 0.6) is 0 Å². The van der Waals surface area contributed by atoms with Crippen LogP contribution in [0.2, 0.25) is 0 Å². The predicted molar refractivity (Wildman–Crippen MR) is 47.2 cm³/mol. The topological polar surface area (TPSA) is 50.7 Å². The van der Waals surface area contributed by atoms with Crippen LogP contribution in [0, 0.1) is 0 Å². The smallest absolute Gasteiger partial charge is 0.265 e. The zero-order valence-corrected chi connectivity index (χ0v) is 8.01. The van der Waals surface area contributed by atoms with E-state index in [1.54, 1.807) is 0 Å². The van der Waals surface area contributed by atoms with Crippen LogP contribution < -0.4 is 5.69 Å². The average Bonchev–Trinajstić information content (AvgIpc) is 2.29. The number of nitrogens with zero attached hydrogens (tertiary/aromatic N) is 2. The molecule has 0 saturated heterocycles. The van der Waals surface area contributed by atoms with Crippen molar-refractivity contribution in [3.63, 3.8) is 0 Å². The van der Waals surface area contributed by atoms with Gasteiger partial charge >= 0.3 is 5.69 Å². The van der Waals surface area contributed by atoms with Crippen molar-refractivity contribution < 1.29 is 0 Å². The molecule has 1 heterocycles. The maximum Gasteiger partial charge on any atom is 0.361 e. The van der Waals surface area contributed by atoms with Crippen molar-refractivity contribution in [1.82, 2.24) is 14.8 Å². The fourth-order valence-corrected chi connectivity index (χ4v) is 1.14. The molecule has 1 N–H and O–H groups in total. The highest BCUT2D eigenvalue weighted by Gasteiger charge is 2.17. The quantitative estimate of drug-likeness (QED) is 0.678. The lowest BCUT2D eigenvalue weighted by Crippen LogP contribution is -2.26. The number of rotatable bonds is 1. The summed E-state index contributed by atoms with van der Waals surface area (Å²) in [4.78, 5) is 14.8. The Balaban J connectivity index is 3.23. The van der Waals surface area contributed by atoms with E-state index >= 15 is 0 Å². The normalized spacial score (nSPS) is 12.0. The molecule has 0 spiro atoms. The summed E-state index contributed by atoms with van der Waals surface area (Å²) in [7, 11) is 0. The summed E-state index contributed by atoms with van der Waals surface area (Å²) in [5.74, 6) is 0.813. The Morgan fingerprint density at radius 1 is 1.50 bits per heavy atom. The largest absolute Gasteiger partial charge is 0.361 e. The second kappa shape index (κ2) is 2.77. The van der Waals surface area contributed by atoms with Crippen LogP contribution in [0.1, 0.15) is 33.5 Å². The van der Waals surface area contributed by atoms with E-state index in [4.69, 9.17) is 0 Å². The number of nitrogens with one attached hydrogen (secondary N) is 1. The molecule has 1 rings (SSSR count). The molecule has 0 fully saturated rings. The first-order valence-corrected chi connectivity index (χ1v) is 4.13. The van der Waals surface area contributed by atoms with Gasteiger partial charge in [0.1, 0.15) is 5.82 Å². The molecule has 0 saturated carbocycles. The van der Waals surface area contributed by atoms with Crippen LogP contribution in [-0.2, 0) is 12.0 Å². The van der Waals surface area contributed by atoms with E-state index in [1.165, 1.54) is 0 Å². The van der Waals surface area contributed by atoms with E-state index in [9.17, 15) is 4.79 Å². The van der Waals surface area contributed by atoms with Gasteiger partial charge in [-0.05, 0) is 20.8 Å². The van der Waals surface area contributed by atoms with Gasteiger partial charge in [0.25, 0.3) is 0 Å². The van der Waals surface area contributed by atoms with Gasteiger partial charge in [-0.1, -0.05) is 6.92 Å². The van der Waals surface area contributed by atoms with Crippen LogP contribution in [0.25, 0.3) is 0 Å². The third-order valence-electron chi connectivity index (χ3n) is 1.68. The molecular formula is C8H15N3O. The molecule has 0 unspecified atom stereocenters. The summed E-state index contributed by atoms with van der Waals surface area (Å²) in [6, 6.07) is 0. The molecule has 1 aromatic rings. The van der Waals surface area contributed by atoms with E-state index in [1.807, 2.05) is 32.4 Å². The Bertz CT molecular complexity index is 316. The number of aromatic amines is 1. The lowest BCUT2D eigenvalue weighted by atomic mass is 10.1. The van der Waals surface area contributed by atoms with Gasteiger partial charge in [-0.25, -0.2) is 9.89 Å². The number of aryl methyl sites for hydroxylation is 1. The summed E-state index contributed by atoms with van der Waals surface area (Å²) in [6.07, 6.45) is 0.774. The van der Waals surface area contributed by atoms with Gasteiger partial charge in [-0.3, -0.25) is 4.68 Å². The van der Waals surface area contributed by atoms with Crippen LogP contribution in [0.4, 0.5) is 0 Å². The molecule has 0 aliphatic rings. The summed E-state index contributed by atoms with van der Waals surface area (Å²) in [5.41, 5.74) is -0.358. The first-order valence-electron chi connectivity index (χ1n) is 4.13. The maximum atomic E-state index is 10.9. The maximum absolute atomic E-state index is 10.9. The summed E-state index contributed by atoms with van der Waals surface area (Å²) < 4.78 is 1.81. The van der Waals surface area contributed by atoms with Gasteiger partial charge in [0, 0.05) is 6.42 Å². The van der Waals surface area contributed by atoms with Crippen LogP contribution >= 0.6 is 0 Å². The summed E-state index contributed by atoms with van der Waals surface area (Å²) >= 11 is 0. The minimum absolute atomic E-state index is 0.0962. The highest BCUT2D eigenvalue weighted by molar-refractivity contribution is 4.89. The Hall–Kier alpha value is -1.06. The second-order valence-electron chi connectivity index (χ2n) is 3.80. The van der Waals surface area contributed by atoms with E-state index in [0.717, 1.165) is 12.2 Å². The molecule has 0 atom stereocenters. The third kappa shape index (κ3) is 1.57. The van der Waals surface area contributed by atoms with Crippen molar-refractivity contribution in [3.05, 3.63) is 16.3 Å². The highest BCUT2D eigenvalue weighted by Crippen LogP contribution is 2.12. The monoisotopic (exact) mass is 169 g/mol. The molecule has 12 heavy (non-hydrogen) atoms. The van der Waals surface area contributed by atoms with E-state index < -0.39 is 0 Å². The zero-order valence-electron chi connectivity index (χ0n) is 8.01. The molecule has 4 heteroatoms. The molecule has 0 amide bonds. The Morgan fingerprint density at radius 3 is 2.42 bits per heavy atom. The molecule has 0 aliphatic carbocycles. The van der Waals surface area contributed by atoms with Crippen LogP contribution in [0.3, 0.4) is 0 Å². The average molecular weight is 169 g/mol. The van der Waals surface area contributed by atoms with E-state index in [2.05, 4.69) is 10.1 Å². The van der Waals surface area contributed by atoms with Gasteiger partial charge in [-0.15, -0.1) is 0 Å². The number of hydrogen-bond acceptors (Lipinski definition) is 2. The van der Waals surface area contributed by atoms with Crippen molar-refractivity contribution in [1.29, 1.82) is 0 Å². The first-order chi connectivity index (χ1) is 5.45. The van der Waals surface area contributed by atoms with E-state index in [-0.39, 0.29) is 11.2 Å². The minimum atomic E-state index is -0.262. The van der Waals surface area contributed by atoms with Crippen molar-refractivity contribution in [2.75, 3.05) is 0 Å². The summed E-state index contributed by atoms with van der Waals surface area (Å²) in [5, 5.41) is 2.69. The number of H-pyrrole nitrogens is 1. The standard InChI is InChI=1S/C8H15N3O/c1-5-6-9-7(12)10-11(6)8(2,3)4/h5H2,1-4H3,(H,10,12). The molecule has 0 radical (unpaired) electrons. The van der Waals surface area contributed by atoms with E-state index in [0.29, 0.717) is 0 Å². The van der Waals surface area contributed by atoms with Gasteiger partial charge in [0.2, 0.25) is 0 Å². The second-order valence-corrected chi connectivity index (χ2v) is 3.80. The molecule has 0 bridgehead atoms. The van der Waals surface area contributed by atoms with Crippen molar-refractivity contribution >= 4 is 0 Å². The fourth-order valence-electron chi connectivity index (χ4n) is 1.14. The Kier molecular flexibility index (Phi) is 2.08. The number of aromatic nitrogens is 3. The first kappa shape index (κ1) is 9.03. The predicted octanol–water partition coefficient (Wildman–Crippen LogP) is 0.889. The van der Waals surface area contributed by atoms with Gasteiger partial charge in [-0.2, -0.15) is 4.98 Å². The molecule has 0 aliphatic heterocycles. The van der Waals surface area contributed by atoms with Crippen molar-refractivity contribution in [2.24, 2.45) is 0 Å². The van der Waals surface area contributed by atoms with Crippen LogP contribution in [-0.4, -0.2) is 14.8 Å². The Morgan fingerprint density at radius 2 is 2.08 bits per heavy atom. The SMILES string of the molecule is CCc1nc(=O)[nH]n1C(C)(C)C. The Labute approximate surface area is 71.6 Å². The number of hydrogen-bond donors (Lipinski definition) is 1. The highest BCUT2D eigenvalue weighted by atomic mass is 16.1. The van der Waals surface area contributed by atoms with Crippen molar-refractivity contribution in [3.8, 4) is 0 Å². The van der Waals surface area contributed by atoms with Gasteiger partial charge in [0.05, 0.1) is 5.54 Å². The zero-order chi connectivity index (χ0) is 9.35. The fraction of sp³-hybridized carbons (Fsp3) is 0.750. The molecule has 68 valence electrons. The van der Waals surface area contributed by atoms with Crippen LogP contribution in [0.15, 0.2) is 4.79 Å². The molecule has 0 aromatic carbocycles. The lowest BCUT2D eigenvalue weighted by Gasteiger charge is -2.21. The van der Waals surface area contributed by atoms with Gasteiger partial charge in [0.15, 0.2) is 0 Å². The van der Waals surface area contributed by atoms with Gasteiger partial charge < -0.3 is 0 Å². The molecule has 4 nitrogen and oxygen atoms in total. The molecule has 1 aromatic heterocycles. The summed E-state index contributed by atoms with van der Waals surface area (Å²) in [6.45, 7) is 8.08. The lowest BCUT2D eigenvalue weighted by molar-refractivity contribution is 0.341. The third-order valence-corrected chi connectivity index (χ3v) is 1.68. The van der Waals surface area contributed by atoms with Crippen molar-refractivity contribution in [2.45, 2.75) is 39.7 Å².